The molecule has 2 aromatic heterocycles. The van der Waals surface area contributed by atoms with E-state index in [1.165, 1.54) is 17.4 Å². The minimum absolute atomic E-state index is 0.0453. The fourth-order valence-corrected chi connectivity index (χ4v) is 3.34. The molecule has 0 spiro atoms. The molecule has 0 aromatic carbocycles. The van der Waals surface area contributed by atoms with Gasteiger partial charge in [0, 0.05) is 12.6 Å². The van der Waals surface area contributed by atoms with Crippen molar-refractivity contribution in [2.24, 2.45) is 0 Å². The summed E-state index contributed by atoms with van der Waals surface area (Å²) in [6.07, 6.45) is 3.43. The smallest absolute Gasteiger partial charge is 0.267 e. The van der Waals surface area contributed by atoms with E-state index in [-0.39, 0.29) is 23.7 Å². The van der Waals surface area contributed by atoms with Crippen molar-refractivity contribution in [3.63, 3.8) is 0 Å². The Morgan fingerprint density at radius 3 is 2.76 bits per heavy atom. The molecular formula is C17H25N5O3. The van der Waals surface area contributed by atoms with Gasteiger partial charge in [-0.1, -0.05) is 5.16 Å². The number of rotatable bonds is 6. The molecule has 8 nitrogen and oxygen atoms in total. The van der Waals surface area contributed by atoms with E-state index in [2.05, 4.69) is 27.3 Å². The van der Waals surface area contributed by atoms with E-state index in [9.17, 15) is 9.59 Å². The number of likely N-dealkylation sites (tertiary alicyclic amines) is 1. The molecular weight excluding hydrogens is 322 g/mol. The lowest BCUT2D eigenvalue weighted by Crippen LogP contribution is -2.37. The number of hydrogen-bond donors (Lipinski definition) is 1. The summed E-state index contributed by atoms with van der Waals surface area (Å²) in [6.45, 7) is 8.41. The molecule has 3 heterocycles. The Morgan fingerprint density at radius 1 is 1.32 bits per heavy atom. The molecule has 136 valence electrons. The molecule has 0 bridgehead atoms. The van der Waals surface area contributed by atoms with Gasteiger partial charge in [0.2, 0.25) is 5.91 Å². The van der Waals surface area contributed by atoms with Gasteiger partial charge < -0.3 is 14.7 Å². The van der Waals surface area contributed by atoms with Gasteiger partial charge in [-0.2, -0.15) is 4.98 Å². The molecule has 2 aromatic rings. The summed E-state index contributed by atoms with van der Waals surface area (Å²) in [5, 5.41) is 7.01. The summed E-state index contributed by atoms with van der Waals surface area (Å²) in [6, 6.07) is 0.463. The molecule has 1 saturated heterocycles. The quantitative estimate of drug-likeness (QED) is 0.838. The molecule has 1 N–H and O–H groups in total. The van der Waals surface area contributed by atoms with Crippen LogP contribution in [0.1, 0.15) is 37.7 Å². The Labute approximate surface area is 146 Å². The molecule has 0 saturated carbocycles. The normalized spacial score (nSPS) is 16.4. The van der Waals surface area contributed by atoms with Crippen LogP contribution in [0, 0.1) is 13.8 Å². The highest BCUT2D eigenvalue weighted by Crippen LogP contribution is 2.13. The number of carbonyl (C=O) groups excluding carboxylic acids is 1. The third-order valence-electron chi connectivity index (χ3n) is 4.91. The second-order valence-electron chi connectivity index (χ2n) is 6.73. The van der Waals surface area contributed by atoms with Crippen LogP contribution in [0.15, 0.2) is 9.32 Å². The molecule has 0 aliphatic carbocycles. The Bertz CT molecular complexity index is 820. The minimum atomic E-state index is -0.290. The summed E-state index contributed by atoms with van der Waals surface area (Å²) in [5.41, 5.74) is 0.416. The Balaban J connectivity index is 1.60. The SMILES string of the molecule is Cc1noc2nc(C)n(CC(=O)NCC[C@H](C)N3CCCC3)c(=O)c12. The topological polar surface area (TPSA) is 93.3 Å². The van der Waals surface area contributed by atoms with Gasteiger partial charge in [-0.05, 0) is 53.1 Å². The molecule has 1 amide bonds. The molecule has 1 atom stereocenters. The number of amides is 1. The van der Waals surface area contributed by atoms with E-state index >= 15 is 0 Å². The number of aromatic nitrogens is 3. The Hall–Kier alpha value is -2.22. The van der Waals surface area contributed by atoms with Gasteiger partial charge in [-0.25, -0.2) is 0 Å². The van der Waals surface area contributed by atoms with Crippen LogP contribution in [0.25, 0.3) is 11.1 Å². The first-order valence-corrected chi connectivity index (χ1v) is 8.81. The molecule has 3 rings (SSSR count). The minimum Gasteiger partial charge on any atom is -0.354 e. The van der Waals surface area contributed by atoms with Crippen LogP contribution in [-0.2, 0) is 11.3 Å². The van der Waals surface area contributed by atoms with Gasteiger partial charge in [0.05, 0.1) is 5.69 Å². The predicted molar refractivity (Wildman–Crippen MR) is 93.4 cm³/mol. The van der Waals surface area contributed by atoms with Gasteiger partial charge in [-0.3, -0.25) is 14.2 Å². The lowest BCUT2D eigenvalue weighted by molar-refractivity contribution is -0.121. The van der Waals surface area contributed by atoms with Crippen LogP contribution in [0.5, 0.6) is 0 Å². The van der Waals surface area contributed by atoms with Crippen molar-refractivity contribution in [1.82, 2.24) is 24.9 Å². The molecule has 1 aliphatic rings. The van der Waals surface area contributed by atoms with Crippen molar-refractivity contribution >= 4 is 17.0 Å². The summed E-state index contributed by atoms with van der Waals surface area (Å²) in [5.74, 6) is 0.253. The third kappa shape index (κ3) is 3.73. The largest absolute Gasteiger partial charge is 0.354 e. The van der Waals surface area contributed by atoms with Gasteiger partial charge in [-0.15, -0.1) is 0 Å². The van der Waals surface area contributed by atoms with Crippen LogP contribution < -0.4 is 10.9 Å². The number of nitrogens with one attached hydrogen (secondary N) is 1. The number of aryl methyl sites for hydroxylation is 2. The number of carbonyl (C=O) groups is 1. The Kier molecular flexibility index (Phi) is 5.17. The molecule has 25 heavy (non-hydrogen) atoms. The zero-order valence-corrected chi connectivity index (χ0v) is 15.0. The third-order valence-corrected chi connectivity index (χ3v) is 4.91. The van der Waals surface area contributed by atoms with E-state index < -0.39 is 0 Å². The molecule has 1 fully saturated rings. The van der Waals surface area contributed by atoms with Crippen LogP contribution in [-0.4, -0.2) is 51.2 Å². The van der Waals surface area contributed by atoms with Gasteiger partial charge >= 0.3 is 0 Å². The monoisotopic (exact) mass is 347 g/mol. The highest BCUT2D eigenvalue weighted by atomic mass is 16.5. The first-order valence-electron chi connectivity index (χ1n) is 8.81. The van der Waals surface area contributed by atoms with Crippen molar-refractivity contribution in [3.05, 3.63) is 21.9 Å². The van der Waals surface area contributed by atoms with E-state index in [1.54, 1.807) is 13.8 Å². The van der Waals surface area contributed by atoms with Crippen LogP contribution >= 0.6 is 0 Å². The van der Waals surface area contributed by atoms with Crippen LogP contribution in [0.4, 0.5) is 0 Å². The first kappa shape index (κ1) is 17.6. The number of nitrogens with zero attached hydrogens (tertiary/aromatic N) is 4. The summed E-state index contributed by atoms with van der Waals surface area (Å²) in [7, 11) is 0. The summed E-state index contributed by atoms with van der Waals surface area (Å²) < 4.78 is 6.40. The first-order chi connectivity index (χ1) is 12.0. The average Bonchev–Trinajstić information content (AvgIpc) is 3.21. The lowest BCUT2D eigenvalue weighted by atomic mass is 10.2. The zero-order chi connectivity index (χ0) is 18.0. The van der Waals surface area contributed by atoms with Crippen molar-refractivity contribution in [2.75, 3.05) is 19.6 Å². The second-order valence-corrected chi connectivity index (χ2v) is 6.73. The van der Waals surface area contributed by atoms with Gasteiger partial charge in [0.25, 0.3) is 11.3 Å². The van der Waals surface area contributed by atoms with E-state index in [0.717, 1.165) is 19.5 Å². The summed E-state index contributed by atoms with van der Waals surface area (Å²) >= 11 is 0. The van der Waals surface area contributed by atoms with Crippen molar-refractivity contribution in [2.45, 2.75) is 52.6 Å². The van der Waals surface area contributed by atoms with Gasteiger partial charge in [0.15, 0.2) is 0 Å². The number of hydrogen-bond acceptors (Lipinski definition) is 6. The maximum atomic E-state index is 12.6. The Morgan fingerprint density at radius 2 is 2.04 bits per heavy atom. The average molecular weight is 347 g/mol. The van der Waals surface area contributed by atoms with Crippen molar-refractivity contribution in [1.29, 1.82) is 0 Å². The van der Waals surface area contributed by atoms with Crippen molar-refractivity contribution < 1.29 is 9.32 Å². The van der Waals surface area contributed by atoms with E-state index in [1.807, 2.05) is 0 Å². The molecule has 1 aliphatic heterocycles. The second kappa shape index (κ2) is 7.35. The van der Waals surface area contributed by atoms with Gasteiger partial charge in [0.1, 0.15) is 17.8 Å². The maximum Gasteiger partial charge on any atom is 0.267 e. The highest BCUT2D eigenvalue weighted by Gasteiger charge is 2.19. The van der Waals surface area contributed by atoms with Crippen LogP contribution in [0.2, 0.25) is 0 Å². The number of fused-ring (bicyclic) bond motifs is 1. The summed E-state index contributed by atoms with van der Waals surface area (Å²) in [4.78, 5) is 31.5. The van der Waals surface area contributed by atoms with Crippen LogP contribution in [0.3, 0.4) is 0 Å². The predicted octanol–water partition coefficient (Wildman–Crippen LogP) is 0.992. The highest BCUT2D eigenvalue weighted by molar-refractivity contribution is 5.77. The zero-order valence-electron chi connectivity index (χ0n) is 15.0. The van der Waals surface area contributed by atoms with Crippen molar-refractivity contribution in [3.8, 4) is 0 Å². The maximum absolute atomic E-state index is 12.6. The molecule has 0 unspecified atom stereocenters. The fraction of sp³-hybridized carbons (Fsp3) is 0.647. The van der Waals surface area contributed by atoms with E-state index in [4.69, 9.17) is 4.52 Å². The molecule has 0 radical (unpaired) electrons. The van der Waals surface area contributed by atoms with E-state index in [0.29, 0.717) is 29.5 Å². The standard InChI is InChI=1S/C17H25N5O3/c1-11(21-8-4-5-9-21)6-7-18-14(23)10-22-13(3)19-16-15(17(22)24)12(2)20-25-16/h11H,4-10H2,1-3H3,(H,18,23)/t11-/m0/s1. The fourth-order valence-electron chi connectivity index (χ4n) is 3.34. The lowest BCUT2D eigenvalue weighted by Gasteiger charge is -2.23. The molecule has 8 heteroatoms.